The topological polar surface area (TPSA) is 73.9 Å². The number of amides is 1. The molecule has 3 rings (SSSR count). The van der Waals surface area contributed by atoms with E-state index in [0.29, 0.717) is 11.5 Å². The molecule has 0 radical (unpaired) electrons. The summed E-state index contributed by atoms with van der Waals surface area (Å²) in [6.45, 7) is 1.75. The van der Waals surface area contributed by atoms with Crippen LogP contribution in [0, 0.1) is 0 Å². The van der Waals surface area contributed by atoms with E-state index in [-0.39, 0.29) is 31.1 Å². The molecule has 26 heavy (non-hydrogen) atoms. The van der Waals surface area contributed by atoms with Gasteiger partial charge in [-0.15, -0.1) is 11.8 Å². The van der Waals surface area contributed by atoms with Gasteiger partial charge in [-0.2, -0.15) is 0 Å². The lowest BCUT2D eigenvalue weighted by molar-refractivity contribution is -0.146. The van der Waals surface area contributed by atoms with Gasteiger partial charge >= 0.3 is 5.97 Å². The van der Waals surface area contributed by atoms with E-state index in [1.807, 2.05) is 49.4 Å². The molecule has 0 saturated heterocycles. The molecule has 6 nitrogen and oxygen atoms in total. The zero-order valence-electron chi connectivity index (χ0n) is 14.3. The molecule has 0 bridgehead atoms. The van der Waals surface area contributed by atoms with Crippen LogP contribution >= 0.6 is 11.8 Å². The number of nitrogens with one attached hydrogen (secondary N) is 1. The van der Waals surface area contributed by atoms with Crippen LogP contribution in [0.15, 0.2) is 53.4 Å². The van der Waals surface area contributed by atoms with Crippen LogP contribution in [-0.2, 0) is 14.3 Å². The van der Waals surface area contributed by atoms with E-state index in [0.717, 1.165) is 10.5 Å². The zero-order valence-corrected chi connectivity index (χ0v) is 15.1. The molecule has 1 atom stereocenters. The molecule has 1 amide bonds. The molecule has 7 heteroatoms. The maximum absolute atomic E-state index is 12.0. The van der Waals surface area contributed by atoms with Crippen molar-refractivity contribution in [2.75, 3.05) is 19.2 Å². The minimum absolute atomic E-state index is 0.162. The molecule has 1 N–H and O–H groups in total. The largest absolute Gasteiger partial charge is 0.455 e. The standard InChI is InChI=1S/C19H19NO5S/c1-13(14-7-8-16-17(9-14)25-12-24-16)20-18(21)10-23-19(22)11-26-15-5-3-2-4-6-15/h2-9,13H,10-12H2,1H3,(H,20,21)/t13-/m1/s1. The third-order valence-electron chi connectivity index (χ3n) is 3.74. The zero-order chi connectivity index (χ0) is 18.4. The summed E-state index contributed by atoms with van der Waals surface area (Å²) in [5.41, 5.74) is 0.883. The molecule has 2 aromatic rings. The minimum atomic E-state index is -0.426. The van der Waals surface area contributed by atoms with Gasteiger partial charge in [0.2, 0.25) is 6.79 Å². The number of hydrogen-bond acceptors (Lipinski definition) is 6. The van der Waals surface area contributed by atoms with Gasteiger partial charge in [0.15, 0.2) is 18.1 Å². The molecule has 136 valence electrons. The predicted molar refractivity (Wildman–Crippen MR) is 97.2 cm³/mol. The smallest absolute Gasteiger partial charge is 0.316 e. The number of ether oxygens (including phenoxy) is 3. The highest BCUT2D eigenvalue weighted by Crippen LogP contribution is 2.34. The van der Waals surface area contributed by atoms with Gasteiger partial charge in [-0.25, -0.2) is 0 Å². The summed E-state index contributed by atoms with van der Waals surface area (Å²) < 4.78 is 15.6. The predicted octanol–water partition coefficient (Wildman–Crippen LogP) is 2.93. The van der Waals surface area contributed by atoms with E-state index >= 15 is 0 Å². The van der Waals surface area contributed by atoms with Crippen molar-refractivity contribution in [3.05, 3.63) is 54.1 Å². The minimum Gasteiger partial charge on any atom is -0.455 e. The Kier molecular flexibility index (Phi) is 6.01. The van der Waals surface area contributed by atoms with Gasteiger partial charge in [-0.1, -0.05) is 24.3 Å². The number of thioether (sulfide) groups is 1. The average molecular weight is 373 g/mol. The second kappa shape index (κ2) is 8.62. The van der Waals surface area contributed by atoms with Crippen molar-refractivity contribution in [2.24, 2.45) is 0 Å². The first-order valence-electron chi connectivity index (χ1n) is 8.14. The molecule has 0 aliphatic carbocycles. The Hall–Kier alpha value is -2.67. The van der Waals surface area contributed by atoms with Crippen molar-refractivity contribution in [3.63, 3.8) is 0 Å². The summed E-state index contributed by atoms with van der Waals surface area (Å²) in [7, 11) is 0. The Morgan fingerprint density at radius 3 is 2.73 bits per heavy atom. The number of hydrogen-bond donors (Lipinski definition) is 1. The van der Waals surface area contributed by atoms with E-state index < -0.39 is 5.97 Å². The molecule has 1 aliphatic heterocycles. The molecule has 0 aromatic heterocycles. The maximum atomic E-state index is 12.0. The Bertz CT molecular complexity index is 781. The van der Waals surface area contributed by atoms with Crippen molar-refractivity contribution < 1.29 is 23.8 Å². The summed E-state index contributed by atoms with van der Waals surface area (Å²) in [5.74, 6) is 0.734. The van der Waals surface area contributed by atoms with Crippen LogP contribution in [0.5, 0.6) is 11.5 Å². The monoisotopic (exact) mass is 373 g/mol. The van der Waals surface area contributed by atoms with Gasteiger partial charge in [0.05, 0.1) is 11.8 Å². The lowest BCUT2D eigenvalue weighted by atomic mass is 10.1. The number of rotatable bonds is 7. The van der Waals surface area contributed by atoms with Crippen LogP contribution in [0.3, 0.4) is 0 Å². The summed E-state index contributed by atoms with van der Waals surface area (Å²) >= 11 is 1.37. The summed E-state index contributed by atoms with van der Waals surface area (Å²) in [6, 6.07) is 14.8. The van der Waals surface area contributed by atoms with Gasteiger partial charge in [0, 0.05) is 4.90 Å². The maximum Gasteiger partial charge on any atom is 0.316 e. The van der Waals surface area contributed by atoms with E-state index in [1.165, 1.54) is 11.8 Å². The summed E-state index contributed by atoms with van der Waals surface area (Å²) in [4.78, 5) is 24.7. The van der Waals surface area contributed by atoms with Crippen molar-refractivity contribution in [2.45, 2.75) is 17.9 Å². The first-order valence-corrected chi connectivity index (χ1v) is 9.13. The average Bonchev–Trinajstić information content (AvgIpc) is 3.13. The molecule has 0 saturated carbocycles. The first-order chi connectivity index (χ1) is 12.6. The number of esters is 1. The second-order valence-electron chi connectivity index (χ2n) is 5.66. The van der Waals surface area contributed by atoms with Crippen LogP contribution in [0.2, 0.25) is 0 Å². The van der Waals surface area contributed by atoms with Crippen LogP contribution < -0.4 is 14.8 Å². The Labute approximate surface area is 155 Å². The Morgan fingerprint density at radius 1 is 1.15 bits per heavy atom. The van der Waals surface area contributed by atoms with E-state index in [2.05, 4.69) is 5.32 Å². The van der Waals surface area contributed by atoms with Crippen LogP contribution in [-0.4, -0.2) is 31.0 Å². The molecule has 1 aliphatic rings. The second-order valence-corrected chi connectivity index (χ2v) is 6.71. The van der Waals surface area contributed by atoms with Crippen molar-refractivity contribution in [1.29, 1.82) is 0 Å². The number of fused-ring (bicyclic) bond motifs is 1. The van der Waals surface area contributed by atoms with Crippen molar-refractivity contribution in [1.82, 2.24) is 5.32 Å². The molecule has 0 spiro atoms. The fourth-order valence-corrected chi connectivity index (χ4v) is 3.11. The van der Waals surface area contributed by atoms with Gasteiger partial charge in [0.1, 0.15) is 0 Å². The molecular formula is C19H19NO5S. The van der Waals surface area contributed by atoms with E-state index in [9.17, 15) is 9.59 Å². The fraction of sp³-hybridized carbons (Fsp3) is 0.263. The third kappa shape index (κ3) is 4.92. The Balaban J connectivity index is 1.41. The SMILES string of the molecule is C[C@@H](NC(=O)COC(=O)CSc1ccccc1)c1ccc2c(c1)OCO2. The molecule has 2 aromatic carbocycles. The van der Waals surface area contributed by atoms with Gasteiger partial charge in [0.25, 0.3) is 5.91 Å². The molecular weight excluding hydrogens is 354 g/mol. The van der Waals surface area contributed by atoms with Crippen molar-refractivity contribution >= 4 is 23.6 Å². The van der Waals surface area contributed by atoms with Crippen LogP contribution in [0.4, 0.5) is 0 Å². The van der Waals surface area contributed by atoms with Gasteiger partial charge in [-0.3, -0.25) is 9.59 Å². The highest BCUT2D eigenvalue weighted by atomic mass is 32.2. The highest BCUT2D eigenvalue weighted by Gasteiger charge is 2.17. The normalized spacial score (nSPS) is 13.1. The lowest BCUT2D eigenvalue weighted by Crippen LogP contribution is -2.31. The molecule has 0 fully saturated rings. The summed E-state index contributed by atoms with van der Waals surface area (Å²) in [5, 5.41) is 2.80. The van der Waals surface area contributed by atoms with Crippen molar-refractivity contribution in [3.8, 4) is 11.5 Å². The first kappa shape index (κ1) is 18.1. The number of benzene rings is 2. The third-order valence-corrected chi connectivity index (χ3v) is 4.72. The van der Waals surface area contributed by atoms with Gasteiger partial charge in [-0.05, 0) is 36.8 Å². The summed E-state index contributed by atoms with van der Waals surface area (Å²) in [6.07, 6.45) is 0. The molecule has 1 heterocycles. The fourth-order valence-electron chi connectivity index (χ4n) is 2.40. The highest BCUT2D eigenvalue weighted by molar-refractivity contribution is 8.00. The van der Waals surface area contributed by atoms with Crippen LogP contribution in [0.1, 0.15) is 18.5 Å². The van der Waals surface area contributed by atoms with Gasteiger partial charge < -0.3 is 19.5 Å². The van der Waals surface area contributed by atoms with E-state index in [4.69, 9.17) is 14.2 Å². The number of carbonyl (C=O) groups excluding carboxylic acids is 2. The lowest BCUT2D eigenvalue weighted by Gasteiger charge is -2.15. The number of carbonyl (C=O) groups is 2. The van der Waals surface area contributed by atoms with Crippen LogP contribution in [0.25, 0.3) is 0 Å². The Morgan fingerprint density at radius 2 is 1.92 bits per heavy atom. The molecule has 0 unspecified atom stereocenters. The quantitative estimate of drug-likeness (QED) is 0.594. The van der Waals surface area contributed by atoms with E-state index in [1.54, 1.807) is 6.07 Å².